The van der Waals surface area contributed by atoms with Crippen molar-refractivity contribution >= 4 is 22.5 Å². The van der Waals surface area contributed by atoms with Gasteiger partial charge in [0.25, 0.3) is 11.7 Å². The van der Waals surface area contributed by atoms with Crippen molar-refractivity contribution in [3.63, 3.8) is 0 Å². The van der Waals surface area contributed by atoms with Gasteiger partial charge < -0.3 is 5.73 Å². The Balaban J connectivity index is 3.31. The smallest absolute Gasteiger partial charge is 0.272 e. The van der Waals surface area contributed by atoms with Crippen LogP contribution in [0.1, 0.15) is 28.2 Å². The molecule has 0 atom stereocenters. The predicted octanol–water partition coefficient (Wildman–Crippen LogP) is 2.29. The number of carbonyl (C=O) groups excluding carboxylic acids is 1. The highest BCUT2D eigenvalue weighted by molar-refractivity contribution is 6.68. The van der Waals surface area contributed by atoms with Crippen LogP contribution in [0.15, 0.2) is 6.07 Å². The van der Waals surface area contributed by atoms with E-state index in [4.69, 9.17) is 17.3 Å². The number of alkyl halides is 2. The van der Waals surface area contributed by atoms with Crippen LogP contribution in [-0.2, 0) is 0 Å². The lowest BCUT2D eigenvalue weighted by molar-refractivity contribution is 0.107. The molecule has 1 aromatic heterocycles. The number of anilines is 1. The van der Waals surface area contributed by atoms with Crippen molar-refractivity contribution in [1.29, 1.82) is 0 Å². The molecule has 0 spiro atoms. The van der Waals surface area contributed by atoms with Crippen LogP contribution >= 0.6 is 11.6 Å². The highest BCUT2D eigenvalue weighted by Gasteiger charge is 2.17. The monoisotopic (exact) mass is 220 g/mol. The minimum absolute atomic E-state index is 0.0539. The Morgan fingerprint density at radius 3 is 2.64 bits per heavy atom. The fraction of sp³-hybridized carbons (Fsp3) is 0.250. The summed E-state index contributed by atoms with van der Waals surface area (Å²) in [5.74, 6) is 0. The molecule has 0 saturated heterocycles. The van der Waals surface area contributed by atoms with E-state index in [-0.39, 0.29) is 22.6 Å². The summed E-state index contributed by atoms with van der Waals surface area (Å²) >= 11 is 5.14. The zero-order valence-electron chi connectivity index (χ0n) is 7.22. The van der Waals surface area contributed by atoms with Gasteiger partial charge in [0.2, 0.25) is 0 Å². The summed E-state index contributed by atoms with van der Waals surface area (Å²) in [6, 6.07) is 1.02. The molecule has 1 heterocycles. The minimum atomic E-state index is -2.66. The average molecular weight is 221 g/mol. The minimum Gasteiger partial charge on any atom is -0.397 e. The van der Waals surface area contributed by atoms with Gasteiger partial charge in [0.05, 0.1) is 5.69 Å². The molecule has 14 heavy (non-hydrogen) atoms. The summed E-state index contributed by atoms with van der Waals surface area (Å²) in [4.78, 5) is 14.3. The van der Waals surface area contributed by atoms with Crippen LogP contribution in [0, 0.1) is 6.92 Å². The Hall–Kier alpha value is -1.23. The second-order valence-electron chi connectivity index (χ2n) is 2.68. The van der Waals surface area contributed by atoms with E-state index in [2.05, 4.69) is 4.98 Å². The number of pyridine rings is 1. The van der Waals surface area contributed by atoms with Crippen LogP contribution in [0.5, 0.6) is 0 Å². The van der Waals surface area contributed by atoms with Crippen LogP contribution < -0.4 is 5.73 Å². The molecule has 0 aliphatic heterocycles. The predicted molar refractivity (Wildman–Crippen MR) is 48.5 cm³/mol. The fourth-order valence-electron chi connectivity index (χ4n) is 1.02. The number of hydrogen-bond acceptors (Lipinski definition) is 3. The van der Waals surface area contributed by atoms with Gasteiger partial charge in [-0.05, 0) is 24.6 Å². The highest BCUT2D eigenvalue weighted by Crippen LogP contribution is 2.25. The molecule has 0 aliphatic carbocycles. The van der Waals surface area contributed by atoms with Gasteiger partial charge in [0, 0.05) is 11.3 Å². The van der Waals surface area contributed by atoms with Crippen LogP contribution in [-0.4, -0.2) is 10.2 Å². The van der Waals surface area contributed by atoms with E-state index in [1.165, 1.54) is 6.92 Å². The van der Waals surface area contributed by atoms with Crippen molar-refractivity contribution in [2.24, 2.45) is 0 Å². The molecule has 2 N–H and O–H groups in total. The third-order valence-electron chi connectivity index (χ3n) is 1.70. The summed E-state index contributed by atoms with van der Waals surface area (Å²) < 4.78 is 24.7. The van der Waals surface area contributed by atoms with E-state index in [0.717, 1.165) is 6.07 Å². The molecule has 0 aromatic carbocycles. The first-order valence-electron chi connectivity index (χ1n) is 3.68. The van der Waals surface area contributed by atoms with E-state index in [1.807, 2.05) is 0 Å². The van der Waals surface area contributed by atoms with Crippen molar-refractivity contribution in [2.75, 3.05) is 5.73 Å². The molecule has 6 heteroatoms. The van der Waals surface area contributed by atoms with Crippen LogP contribution in [0.25, 0.3) is 0 Å². The van der Waals surface area contributed by atoms with E-state index >= 15 is 0 Å². The first kappa shape index (κ1) is 10.8. The fourth-order valence-corrected chi connectivity index (χ4v) is 1.17. The lowest BCUT2D eigenvalue weighted by atomic mass is 10.1. The maximum absolute atomic E-state index is 12.3. The molecule has 0 radical (unpaired) electrons. The lowest BCUT2D eigenvalue weighted by Crippen LogP contribution is -2.05. The molecule has 1 rings (SSSR count). The quantitative estimate of drug-likeness (QED) is 0.778. The lowest BCUT2D eigenvalue weighted by Gasteiger charge is -2.07. The number of hydrogen-bond donors (Lipinski definition) is 1. The molecular weight excluding hydrogens is 214 g/mol. The van der Waals surface area contributed by atoms with Gasteiger partial charge in [0.15, 0.2) is 0 Å². The van der Waals surface area contributed by atoms with E-state index < -0.39 is 11.7 Å². The number of nitrogen functional groups attached to an aromatic ring is 1. The van der Waals surface area contributed by atoms with Gasteiger partial charge >= 0.3 is 0 Å². The number of aryl methyl sites for hydroxylation is 1. The summed E-state index contributed by atoms with van der Waals surface area (Å²) in [5, 5.41) is -0.855. The maximum atomic E-state index is 12.3. The standard InChI is InChI=1S/C8H7ClF2N2O/c1-3-4(8(10)11)2-5(12)6(13-3)7(9)14/h2,8H,12H2,1H3. The Bertz CT molecular complexity index is 382. The van der Waals surface area contributed by atoms with Crippen molar-refractivity contribution in [2.45, 2.75) is 13.3 Å². The maximum Gasteiger partial charge on any atom is 0.272 e. The first-order valence-corrected chi connectivity index (χ1v) is 4.06. The van der Waals surface area contributed by atoms with Gasteiger partial charge in [-0.15, -0.1) is 0 Å². The van der Waals surface area contributed by atoms with Gasteiger partial charge in [0.1, 0.15) is 5.69 Å². The van der Waals surface area contributed by atoms with E-state index in [0.29, 0.717) is 0 Å². The number of nitrogens with two attached hydrogens (primary N) is 1. The van der Waals surface area contributed by atoms with Crippen molar-refractivity contribution in [1.82, 2.24) is 4.98 Å². The molecule has 76 valence electrons. The van der Waals surface area contributed by atoms with Crippen LogP contribution in [0.4, 0.5) is 14.5 Å². The number of halogens is 3. The summed E-state index contributed by atoms with van der Waals surface area (Å²) in [6.07, 6.45) is -2.66. The number of aromatic nitrogens is 1. The SMILES string of the molecule is Cc1nc(C(=O)Cl)c(N)cc1C(F)F. The summed E-state index contributed by atoms with van der Waals surface area (Å²) in [6.45, 7) is 1.37. The Kier molecular flexibility index (Phi) is 3.00. The first-order chi connectivity index (χ1) is 6.43. The van der Waals surface area contributed by atoms with Gasteiger partial charge in [-0.3, -0.25) is 4.79 Å². The normalized spacial score (nSPS) is 10.6. The third kappa shape index (κ3) is 1.98. The molecule has 0 unspecified atom stereocenters. The van der Waals surface area contributed by atoms with Crippen LogP contribution in [0.3, 0.4) is 0 Å². The molecule has 0 amide bonds. The number of carbonyl (C=O) groups is 1. The molecule has 1 aromatic rings. The molecule has 0 fully saturated rings. The van der Waals surface area contributed by atoms with Crippen LogP contribution in [0.2, 0.25) is 0 Å². The Labute approximate surface area is 83.9 Å². The zero-order chi connectivity index (χ0) is 10.9. The average Bonchev–Trinajstić information content (AvgIpc) is 2.07. The van der Waals surface area contributed by atoms with Gasteiger partial charge in [-0.25, -0.2) is 13.8 Å². The number of rotatable bonds is 2. The topological polar surface area (TPSA) is 56.0 Å². The van der Waals surface area contributed by atoms with Gasteiger partial charge in [-0.2, -0.15) is 0 Å². The zero-order valence-corrected chi connectivity index (χ0v) is 7.98. The summed E-state index contributed by atoms with van der Waals surface area (Å²) in [5.41, 5.74) is 4.77. The van der Waals surface area contributed by atoms with Gasteiger partial charge in [-0.1, -0.05) is 0 Å². The molecular formula is C8H7ClF2N2O. The molecule has 3 nitrogen and oxygen atoms in total. The molecule has 0 saturated carbocycles. The second-order valence-corrected chi connectivity index (χ2v) is 3.02. The van der Waals surface area contributed by atoms with Crippen molar-refractivity contribution < 1.29 is 13.6 Å². The second kappa shape index (κ2) is 3.88. The Morgan fingerprint density at radius 1 is 1.64 bits per heavy atom. The molecule has 0 aliphatic rings. The summed E-state index contributed by atoms with van der Waals surface area (Å²) in [7, 11) is 0. The van der Waals surface area contributed by atoms with Crippen molar-refractivity contribution in [3.05, 3.63) is 23.0 Å². The third-order valence-corrected chi connectivity index (χ3v) is 1.88. The van der Waals surface area contributed by atoms with Crippen molar-refractivity contribution in [3.8, 4) is 0 Å². The number of nitrogens with zero attached hydrogens (tertiary/aromatic N) is 1. The van der Waals surface area contributed by atoms with E-state index in [1.54, 1.807) is 0 Å². The molecule has 0 bridgehead atoms. The van der Waals surface area contributed by atoms with E-state index in [9.17, 15) is 13.6 Å². The Morgan fingerprint density at radius 2 is 2.21 bits per heavy atom. The largest absolute Gasteiger partial charge is 0.397 e. The highest BCUT2D eigenvalue weighted by atomic mass is 35.5.